The third kappa shape index (κ3) is 1.43. The lowest BCUT2D eigenvalue weighted by Gasteiger charge is -1.93. The van der Waals surface area contributed by atoms with E-state index >= 15 is 0 Å². The van der Waals surface area contributed by atoms with Crippen molar-refractivity contribution in [1.82, 2.24) is 19.7 Å². The fourth-order valence-corrected chi connectivity index (χ4v) is 1.66. The fraction of sp³-hybridized carbons (Fsp3) is 0.222. The van der Waals surface area contributed by atoms with Crippen LogP contribution < -0.4 is 0 Å². The molecule has 14 heavy (non-hydrogen) atoms. The molecule has 0 aliphatic heterocycles. The first kappa shape index (κ1) is 9.33. The summed E-state index contributed by atoms with van der Waals surface area (Å²) in [6.07, 6.45) is 3.41. The molecular formula is C9H9BrN4. The highest BCUT2D eigenvalue weighted by atomic mass is 79.9. The molecule has 0 unspecified atom stereocenters. The lowest BCUT2D eigenvalue weighted by atomic mass is 10.3. The van der Waals surface area contributed by atoms with Crippen molar-refractivity contribution in [3.63, 3.8) is 0 Å². The van der Waals surface area contributed by atoms with Gasteiger partial charge in [-0.25, -0.2) is 9.97 Å². The van der Waals surface area contributed by atoms with Gasteiger partial charge in [-0.2, -0.15) is 5.10 Å². The Morgan fingerprint density at radius 2 is 1.93 bits per heavy atom. The molecule has 0 aliphatic carbocycles. The van der Waals surface area contributed by atoms with E-state index in [1.54, 1.807) is 23.1 Å². The highest BCUT2D eigenvalue weighted by molar-refractivity contribution is 9.10. The van der Waals surface area contributed by atoms with E-state index in [-0.39, 0.29) is 0 Å². The zero-order valence-corrected chi connectivity index (χ0v) is 9.48. The number of halogens is 1. The van der Waals surface area contributed by atoms with Gasteiger partial charge in [-0.1, -0.05) is 0 Å². The summed E-state index contributed by atoms with van der Waals surface area (Å²) in [6, 6.07) is 1.78. The maximum absolute atomic E-state index is 4.32. The molecule has 2 rings (SSSR count). The van der Waals surface area contributed by atoms with Gasteiger partial charge in [0.1, 0.15) is 5.69 Å². The van der Waals surface area contributed by atoms with Gasteiger partial charge in [-0.3, -0.25) is 4.68 Å². The van der Waals surface area contributed by atoms with E-state index in [1.807, 2.05) is 14.0 Å². The second-order valence-corrected chi connectivity index (χ2v) is 3.74. The minimum absolute atomic E-state index is 0.642. The van der Waals surface area contributed by atoms with Gasteiger partial charge in [-0.15, -0.1) is 0 Å². The van der Waals surface area contributed by atoms with Crippen molar-refractivity contribution in [3.8, 4) is 11.5 Å². The van der Waals surface area contributed by atoms with Crippen LogP contribution in [0, 0.1) is 6.92 Å². The molecule has 0 aromatic carbocycles. The predicted molar refractivity (Wildman–Crippen MR) is 56.7 cm³/mol. The summed E-state index contributed by atoms with van der Waals surface area (Å²) in [4.78, 5) is 8.29. The summed E-state index contributed by atoms with van der Waals surface area (Å²) in [5.41, 5.74) is 1.85. The van der Waals surface area contributed by atoms with Crippen molar-refractivity contribution < 1.29 is 0 Å². The Morgan fingerprint density at radius 3 is 2.43 bits per heavy atom. The van der Waals surface area contributed by atoms with Crippen LogP contribution in [0.1, 0.15) is 5.69 Å². The maximum Gasteiger partial charge on any atom is 0.181 e. The van der Waals surface area contributed by atoms with Crippen LogP contribution >= 0.6 is 15.9 Å². The monoisotopic (exact) mass is 252 g/mol. The van der Waals surface area contributed by atoms with Crippen LogP contribution in [0.4, 0.5) is 0 Å². The maximum atomic E-state index is 4.32. The largest absolute Gasteiger partial charge is 0.271 e. The molecule has 72 valence electrons. The number of aromatic nitrogens is 4. The number of nitrogens with zero attached hydrogens (tertiary/aromatic N) is 4. The molecule has 0 bridgehead atoms. The Bertz CT molecular complexity index is 449. The van der Waals surface area contributed by atoms with Gasteiger partial charge in [0, 0.05) is 25.1 Å². The Morgan fingerprint density at radius 1 is 1.29 bits per heavy atom. The molecule has 2 heterocycles. The summed E-state index contributed by atoms with van der Waals surface area (Å²) in [5.74, 6) is 0.642. The summed E-state index contributed by atoms with van der Waals surface area (Å²) >= 11 is 3.47. The van der Waals surface area contributed by atoms with Crippen molar-refractivity contribution in [2.75, 3.05) is 0 Å². The smallest absolute Gasteiger partial charge is 0.181 e. The van der Waals surface area contributed by atoms with Gasteiger partial charge in [0.05, 0.1) is 4.47 Å². The second-order valence-electron chi connectivity index (χ2n) is 2.94. The van der Waals surface area contributed by atoms with Crippen LogP contribution in [0.2, 0.25) is 0 Å². The normalized spacial score (nSPS) is 10.5. The molecule has 0 radical (unpaired) electrons. The minimum atomic E-state index is 0.642. The second kappa shape index (κ2) is 3.49. The van der Waals surface area contributed by atoms with E-state index in [4.69, 9.17) is 0 Å². The van der Waals surface area contributed by atoms with Crippen LogP contribution in [0.5, 0.6) is 0 Å². The standard InChI is InChI=1S/C9H9BrN4/c1-6-7(10)8(13-14(6)2)9-11-4-3-5-12-9/h3-5H,1-2H3. The molecule has 0 atom stereocenters. The van der Waals surface area contributed by atoms with Gasteiger partial charge < -0.3 is 0 Å². The van der Waals surface area contributed by atoms with E-state index in [9.17, 15) is 0 Å². The summed E-state index contributed by atoms with van der Waals surface area (Å²) < 4.78 is 2.75. The Labute approximate surface area is 90.1 Å². The van der Waals surface area contributed by atoms with E-state index < -0.39 is 0 Å². The van der Waals surface area contributed by atoms with Gasteiger partial charge in [0.2, 0.25) is 0 Å². The molecule has 0 aliphatic rings. The van der Waals surface area contributed by atoms with Gasteiger partial charge in [0.15, 0.2) is 5.82 Å². The average molecular weight is 253 g/mol. The van der Waals surface area contributed by atoms with Gasteiger partial charge in [0.25, 0.3) is 0 Å². The highest BCUT2D eigenvalue weighted by Gasteiger charge is 2.13. The highest BCUT2D eigenvalue weighted by Crippen LogP contribution is 2.26. The zero-order chi connectivity index (χ0) is 10.1. The van der Waals surface area contributed by atoms with E-state index in [0.29, 0.717) is 5.82 Å². The molecule has 0 saturated heterocycles. The van der Waals surface area contributed by atoms with Crippen LogP contribution in [0.25, 0.3) is 11.5 Å². The number of hydrogen-bond donors (Lipinski definition) is 0. The minimum Gasteiger partial charge on any atom is -0.271 e. The Balaban J connectivity index is 2.58. The number of rotatable bonds is 1. The number of aryl methyl sites for hydroxylation is 1. The van der Waals surface area contributed by atoms with Crippen LogP contribution in [0.3, 0.4) is 0 Å². The molecule has 0 fully saturated rings. The summed E-state index contributed by atoms with van der Waals surface area (Å²) in [6.45, 7) is 1.99. The SMILES string of the molecule is Cc1c(Br)c(-c2ncccn2)nn1C. The molecule has 0 spiro atoms. The zero-order valence-electron chi connectivity index (χ0n) is 7.90. The van der Waals surface area contributed by atoms with E-state index in [0.717, 1.165) is 15.9 Å². The van der Waals surface area contributed by atoms with Crippen LogP contribution in [-0.4, -0.2) is 19.7 Å². The lowest BCUT2D eigenvalue weighted by Crippen LogP contribution is -1.93. The first-order valence-electron chi connectivity index (χ1n) is 4.16. The first-order chi connectivity index (χ1) is 6.70. The Hall–Kier alpha value is -1.23. The molecular weight excluding hydrogens is 244 g/mol. The first-order valence-corrected chi connectivity index (χ1v) is 4.96. The number of hydrogen-bond acceptors (Lipinski definition) is 3. The Kier molecular flexibility index (Phi) is 2.33. The molecule has 0 saturated carbocycles. The van der Waals surface area contributed by atoms with E-state index in [1.165, 1.54) is 0 Å². The molecule has 0 amide bonds. The molecule has 0 N–H and O–H groups in total. The van der Waals surface area contributed by atoms with Crippen molar-refractivity contribution in [1.29, 1.82) is 0 Å². The van der Waals surface area contributed by atoms with Gasteiger partial charge in [-0.05, 0) is 28.9 Å². The van der Waals surface area contributed by atoms with Gasteiger partial charge >= 0.3 is 0 Å². The third-order valence-electron chi connectivity index (χ3n) is 2.04. The predicted octanol–water partition coefficient (Wildman–Crippen LogP) is 1.95. The van der Waals surface area contributed by atoms with Crippen molar-refractivity contribution in [2.24, 2.45) is 7.05 Å². The van der Waals surface area contributed by atoms with Crippen molar-refractivity contribution >= 4 is 15.9 Å². The lowest BCUT2D eigenvalue weighted by molar-refractivity contribution is 0.740. The summed E-state index contributed by atoms with van der Waals surface area (Å²) in [5, 5.41) is 4.32. The molecule has 4 nitrogen and oxygen atoms in total. The quantitative estimate of drug-likeness (QED) is 0.780. The fourth-order valence-electron chi connectivity index (χ4n) is 1.15. The molecule has 2 aromatic heterocycles. The van der Waals surface area contributed by atoms with E-state index in [2.05, 4.69) is 31.0 Å². The molecule has 2 aromatic rings. The van der Waals surface area contributed by atoms with Crippen molar-refractivity contribution in [3.05, 3.63) is 28.6 Å². The van der Waals surface area contributed by atoms with Crippen LogP contribution in [0.15, 0.2) is 22.9 Å². The summed E-state index contributed by atoms with van der Waals surface area (Å²) in [7, 11) is 1.90. The average Bonchev–Trinajstić information content (AvgIpc) is 2.47. The van der Waals surface area contributed by atoms with Crippen LogP contribution in [-0.2, 0) is 7.05 Å². The topological polar surface area (TPSA) is 43.6 Å². The van der Waals surface area contributed by atoms with Crippen molar-refractivity contribution in [2.45, 2.75) is 6.92 Å². The molecule has 5 heteroatoms. The third-order valence-corrected chi connectivity index (χ3v) is 2.99.